The molecule has 0 atom stereocenters. The molecule has 3 aromatic carbocycles. The molecular formula is C24H23FN2O2. The van der Waals surface area contributed by atoms with Crippen LogP contribution in [-0.4, -0.2) is 37.4 Å². The van der Waals surface area contributed by atoms with Gasteiger partial charge in [-0.15, -0.1) is 0 Å². The number of halogens is 1. The Kier molecular flexibility index (Phi) is 6.39. The summed E-state index contributed by atoms with van der Waals surface area (Å²) in [5.74, 6) is -0.534. The number of hydrogen-bond donors (Lipinski definition) is 0. The maximum atomic E-state index is 13.0. The summed E-state index contributed by atoms with van der Waals surface area (Å²) < 4.78 is 13.0. The van der Waals surface area contributed by atoms with Gasteiger partial charge in [0.05, 0.1) is 0 Å². The number of nitrogens with zero attached hydrogens (tertiary/aromatic N) is 2. The second-order valence-corrected chi connectivity index (χ2v) is 6.88. The summed E-state index contributed by atoms with van der Waals surface area (Å²) in [6, 6.07) is 22.3. The highest BCUT2D eigenvalue weighted by atomic mass is 19.1. The van der Waals surface area contributed by atoms with Gasteiger partial charge in [-0.1, -0.05) is 30.3 Å². The maximum Gasteiger partial charge on any atom is 0.258 e. The molecule has 0 spiro atoms. The number of anilines is 1. The van der Waals surface area contributed by atoms with Gasteiger partial charge in [-0.3, -0.25) is 9.59 Å². The molecule has 3 aromatic rings. The van der Waals surface area contributed by atoms with Gasteiger partial charge in [0.25, 0.3) is 11.8 Å². The summed E-state index contributed by atoms with van der Waals surface area (Å²) >= 11 is 0. The number of amides is 2. The van der Waals surface area contributed by atoms with E-state index in [9.17, 15) is 14.0 Å². The molecule has 5 heteroatoms. The zero-order chi connectivity index (χ0) is 20.8. The first kappa shape index (κ1) is 20.3. The van der Waals surface area contributed by atoms with E-state index >= 15 is 0 Å². The van der Waals surface area contributed by atoms with Crippen molar-refractivity contribution in [1.82, 2.24) is 4.90 Å². The van der Waals surface area contributed by atoms with Gasteiger partial charge in [0, 0.05) is 37.5 Å². The summed E-state index contributed by atoms with van der Waals surface area (Å²) in [6.07, 6.45) is 0.640. The number of benzene rings is 3. The molecule has 0 saturated carbocycles. The molecule has 0 radical (unpaired) electrons. The first-order valence-electron chi connectivity index (χ1n) is 9.39. The highest BCUT2D eigenvalue weighted by Crippen LogP contribution is 2.16. The lowest BCUT2D eigenvalue weighted by atomic mass is 10.1. The molecule has 0 saturated heterocycles. The maximum absolute atomic E-state index is 13.0. The smallest absolute Gasteiger partial charge is 0.258 e. The molecule has 4 nitrogen and oxygen atoms in total. The first-order chi connectivity index (χ1) is 14.0. The van der Waals surface area contributed by atoms with Gasteiger partial charge in [0.15, 0.2) is 0 Å². The van der Waals surface area contributed by atoms with Gasteiger partial charge >= 0.3 is 0 Å². The van der Waals surface area contributed by atoms with Crippen molar-refractivity contribution in [2.24, 2.45) is 0 Å². The second-order valence-electron chi connectivity index (χ2n) is 6.88. The van der Waals surface area contributed by atoms with Gasteiger partial charge in [-0.2, -0.15) is 0 Å². The summed E-state index contributed by atoms with van der Waals surface area (Å²) in [5.41, 5.74) is 2.81. The van der Waals surface area contributed by atoms with Crippen LogP contribution in [0, 0.1) is 5.82 Å². The number of rotatable bonds is 6. The minimum Gasteiger partial charge on any atom is -0.341 e. The van der Waals surface area contributed by atoms with Crippen LogP contribution in [0.1, 0.15) is 26.3 Å². The highest BCUT2D eigenvalue weighted by molar-refractivity contribution is 6.06. The Balaban J connectivity index is 1.61. The third-order valence-corrected chi connectivity index (χ3v) is 4.82. The predicted molar refractivity (Wildman–Crippen MR) is 113 cm³/mol. The van der Waals surface area contributed by atoms with Crippen molar-refractivity contribution in [2.45, 2.75) is 6.42 Å². The quantitative estimate of drug-likeness (QED) is 0.625. The largest absolute Gasteiger partial charge is 0.341 e. The van der Waals surface area contributed by atoms with Crippen LogP contribution in [0.5, 0.6) is 0 Å². The second kappa shape index (κ2) is 9.15. The van der Waals surface area contributed by atoms with Crippen molar-refractivity contribution in [3.05, 3.63) is 101 Å². The van der Waals surface area contributed by atoms with E-state index in [-0.39, 0.29) is 17.6 Å². The molecule has 3 rings (SSSR count). The highest BCUT2D eigenvalue weighted by Gasteiger charge is 2.16. The van der Waals surface area contributed by atoms with Crippen LogP contribution < -0.4 is 4.90 Å². The number of carbonyl (C=O) groups is 2. The molecule has 0 heterocycles. The van der Waals surface area contributed by atoms with Crippen LogP contribution in [0.15, 0.2) is 78.9 Å². The first-order valence-corrected chi connectivity index (χ1v) is 9.39. The van der Waals surface area contributed by atoms with Gasteiger partial charge in [0.2, 0.25) is 0 Å². The fraction of sp³-hybridized carbons (Fsp3) is 0.167. The number of likely N-dealkylation sites (N-methyl/N-ethyl adjacent to an activating group) is 1. The summed E-state index contributed by atoms with van der Waals surface area (Å²) in [6.45, 7) is 0.516. The van der Waals surface area contributed by atoms with Crippen LogP contribution in [-0.2, 0) is 6.42 Å². The van der Waals surface area contributed by atoms with Crippen molar-refractivity contribution in [1.29, 1.82) is 0 Å². The van der Waals surface area contributed by atoms with Gasteiger partial charge in [0.1, 0.15) is 5.82 Å². The predicted octanol–water partition coefficient (Wildman–Crippen LogP) is 4.42. The van der Waals surface area contributed by atoms with E-state index in [2.05, 4.69) is 0 Å². The van der Waals surface area contributed by atoms with Crippen LogP contribution in [0.25, 0.3) is 0 Å². The third kappa shape index (κ3) is 5.08. The van der Waals surface area contributed by atoms with E-state index in [1.165, 1.54) is 12.1 Å². The Morgan fingerprint density at radius 2 is 1.31 bits per heavy atom. The zero-order valence-corrected chi connectivity index (χ0v) is 16.5. The minimum atomic E-state index is -0.272. The Bertz CT molecular complexity index is 970. The van der Waals surface area contributed by atoms with Crippen LogP contribution in [0.2, 0.25) is 0 Å². The van der Waals surface area contributed by atoms with Crippen LogP contribution >= 0.6 is 0 Å². The third-order valence-electron chi connectivity index (χ3n) is 4.82. The fourth-order valence-electron chi connectivity index (χ4n) is 2.99. The fourth-order valence-corrected chi connectivity index (χ4v) is 2.99. The van der Waals surface area contributed by atoms with Crippen molar-refractivity contribution in [2.75, 3.05) is 25.5 Å². The van der Waals surface area contributed by atoms with Crippen LogP contribution in [0.4, 0.5) is 10.1 Å². The standard InChI is InChI=1S/C24H23FN2O2/c1-26(17-16-18-8-14-21(25)15-9-18)23(28)19-10-12-20(13-11-19)24(29)27(2)22-6-4-3-5-7-22/h3-15H,16-17H2,1-2H3. The number of carbonyl (C=O) groups excluding carboxylic acids is 2. The number of hydrogen-bond acceptors (Lipinski definition) is 2. The lowest BCUT2D eigenvalue weighted by molar-refractivity contribution is 0.0796. The average Bonchev–Trinajstić information content (AvgIpc) is 2.77. The lowest BCUT2D eigenvalue weighted by Crippen LogP contribution is -2.29. The van der Waals surface area contributed by atoms with E-state index in [0.29, 0.717) is 24.1 Å². The van der Waals surface area contributed by atoms with E-state index in [1.807, 2.05) is 30.3 Å². The molecule has 29 heavy (non-hydrogen) atoms. The minimum absolute atomic E-state index is 0.123. The monoisotopic (exact) mass is 390 g/mol. The normalized spacial score (nSPS) is 10.4. The van der Waals surface area contributed by atoms with E-state index in [0.717, 1.165) is 11.3 Å². The van der Waals surface area contributed by atoms with Gasteiger partial charge in [-0.25, -0.2) is 4.39 Å². The molecule has 0 aliphatic carbocycles. The molecule has 148 valence electrons. The van der Waals surface area contributed by atoms with Crippen molar-refractivity contribution >= 4 is 17.5 Å². The van der Waals surface area contributed by atoms with E-state index in [4.69, 9.17) is 0 Å². The molecular weight excluding hydrogens is 367 g/mol. The average molecular weight is 390 g/mol. The molecule has 0 aromatic heterocycles. The molecule has 0 N–H and O–H groups in total. The lowest BCUT2D eigenvalue weighted by Gasteiger charge is -2.19. The Labute approximate surface area is 170 Å². The number of para-hydroxylation sites is 1. The molecule has 0 aliphatic heterocycles. The zero-order valence-electron chi connectivity index (χ0n) is 16.5. The molecule has 0 bridgehead atoms. The molecule has 0 aliphatic rings. The summed E-state index contributed by atoms with van der Waals surface area (Å²) in [5, 5.41) is 0. The van der Waals surface area contributed by atoms with Gasteiger partial charge < -0.3 is 9.80 Å². The van der Waals surface area contributed by atoms with E-state index < -0.39 is 0 Å². The summed E-state index contributed by atoms with van der Waals surface area (Å²) in [4.78, 5) is 28.5. The Hall–Kier alpha value is -3.47. The SMILES string of the molecule is CN(CCc1ccc(F)cc1)C(=O)c1ccc(C(=O)N(C)c2ccccc2)cc1. The molecule has 0 fully saturated rings. The van der Waals surface area contributed by atoms with Crippen molar-refractivity contribution < 1.29 is 14.0 Å². The Morgan fingerprint density at radius 3 is 1.90 bits per heavy atom. The topological polar surface area (TPSA) is 40.6 Å². The van der Waals surface area contributed by atoms with Gasteiger partial charge in [-0.05, 0) is 60.5 Å². The molecule has 0 unspecified atom stereocenters. The molecule has 2 amide bonds. The Morgan fingerprint density at radius 1 is 0.759 bits per heavy atom. The van der Waals surface area contributed by atoms with Crippen molar-refractivity contribution in [3.8, 4) is 0 Å². The van der Waals surface area contributed by atoms with Crippen molar-refractivity contribution in [3.63, 3.8) is 0 Å². The van der Waals surface area contributed by atoms with Crippen LogP contribution in [0.3, 0.4) is 0 Å². The summed E-state index contributed by atoms with van der Waals surface area (Å²) in [7, 11) is 3.45. The van der Waals surface area contributed by atoms with E-state index in [1.54, 1.807) is 60.3 Å².